The first-order valence-corrected chi connectivity index (χ1v) is 12.6. The highest BCUT2D eigenvalue weighted by molar-refractivity contribution is 6.24. The molecule has 8 nitrogen and oxygen atoms in total. The van der Waals surface area contributed by atoms with Gasteiger partial charge < -0.3 is 14.9 Å². The van der Waals surface area contributed by atoms with Gasteiger partial charge in [0, 0.05) is 25.7 Å². The Morgan fingerprint density at radius 2 is 1.47 bits per heavy atom. The van der Waals surface area contributed by atoms with Gasteiger partial charge in [-0.05, 0) is 42.7 Å². The van der Waals surface area contributed by atoms with E-state index in [1.54, 1.807) is 30.3 Å². The number of carboxylic acid groups (broad SMARTS) is 1. The Bertz CT molecular complexity index is 1170. The summed E-state index contributed by atoms with van der Waals surface area (Å²) in [6.07, 6.45) is 4.27. The normalized spacial score (nSPS) is 26.3. The van der Waals surface area contributed by atoms with Gasteiger partial charge in [-0.2, -0.15) is 0 Å². The Kier molecular flexibility index (Phi) is 6.28. The number of aliphatic carboxylic acids is 1. The zero-order valence-electron chi connectivity index (χ0n) is 20.5. The fourth-order valence-corrected chi connectivity index (χ4v) is 6.17. The van der Waals surface area contributed by atoms with Crippen molar-refractivity contribution < 1.29 is 24.3 Å². The number of anilines is 2. The van der Waals surface area contributed by atoms with Crippen molar-refractivity contribution in [2.45, 2.75) is 44.2 Å². The summed E-state index contributed by atoms with van der Waals surface area (Å²) in [6, 6.07) is 13.8. The zero-order valence-corrected chi connectivity index (χ0v) is 20.5. The van der Waals surface area contributed by atoms with Crippen LogP contribution in [0.2, 0.25) is 0 Å². The second-order valence-corrected chi connectivity index (χ2v) is 10.2. The van der Waals surface area contributed by atoms with E-state index in [9.17, 15) is 24.3 Å². The molecule has 2 aromatic carbocycles. The zero-order chi connectivity index (χ0) is 25.6. The summed E-state index contributed by atoms with van der Waals surface area (Å²) >= 11 is 0. The second-order valence-electron chi connectivity index (χ2n) is 10.2. The van der Waals surface area contributed by atoms with Crippen molar-refractivity contribution in [2.24, 2.45) is 17.8 Å². The molecule has 0 aromatic heterocycles. The lowest BCUT2D eigenvalue weighted by Gasteiger charge is -2.35. The van der Waals surface area contributed by atoms with Crippen molar-refractivity contribution in [2.75, 3.05) is 23.9 Å². The molecule has 3 aliphatic rings. The van der Waals surface area contributed by atoms with Crippen LogP contribution in [0.15, 0.2) is 54.6 Å². The highest BCUT2D eigenvalue weighted by Gasteiger charge is 2.66. The van der Waals surface area contributed by atoms with E-state index in [-0.39, 0.29) is 11.8 Å². The van der Waals surface area contributed by atoms with Crippen LogP contribution in [0.25, 0.3) is 0 Å². The fourth-order valence-electron chi connectivity index (χ4n) is 6.17. The summed E-state index contributed by atoms with van der Waals surface area (Å²) in [5.41, 5.74) is 2.02. The molecular weight excluding hydrogens is 458 g/mol. The largest absolute Gasteiger partial charge is 0.480 e. The summed E-state index contributed by atoms with van der Waals surface area (Å²) in [5.74, 6) is -4.92. The van der Waals surface area contributed by atoms with Gasteiger partial charge >= 0.3 is 5.97 Å². The molecule has 0 radical (unpaired) electrons. The number of fused-ring (bicyclic) bond motifs is 1. The number of benzene rings is 2. The maximum absolute atomic E-state index is 13.9. The molecule has 36 heavy (non-hydrogen) atoms. The first kappa shape index (κ1) is 24.0. The minimum absolute atomic E-state index is 0.259. The Morgan fingerprint density at radius 1 is 0.861 bits per heavy atom. The monoisotopic (exact) mass is 489 g/mol. The lowest BCUT2D eigenvalue weighted by Crippen LogP contribution is -2.50. The quantitative estimate of drug-likeness (QED) is 0.646. The number of rotatable bonds is 5. The summed E-state index contributed by atoms with van der Waals surface area (Å²) in [7, 11) is 3.83. The van der Waals surface area contributed by atoms with Gasteiger partial charge in [0.1, 0.15) is 6.04 Å². The van der Waals surface area contributed by atoms with Crippen molar-refractivity contribution in [1.29, 1.82) is 0 Å². The van der Waals surface area contributed by atoms with Gasteiger partial charge in [-0.25, -0.2) is 9.69 Å². The number of carbonyl (C=O) groups excluding carboxylic acids is 3. The molecule has 0 spiro atoms. The number of imide groups is 1. The number of hydrogen-bond donors (Lipinski definition) is 1. The minimum atomic E-state index is -1.40. The second kappa shape index (κ2) is 9.41. The molecule has 4 atom stereocenters. The maximum Gasteiger partial charge on any atom is 0.327 e. The van der Waals surface area contributed by atoms with E-state index in [2.05, 4.69) is 0 Å². The molecule has 2 aliphatic heterocycles. The first-order chi connectivity index (χ1) is 17.3. The summed E-state index contributed by atoms with van der Waals surface area (Å²) < 4.78 is 0. The standard InChI is InChI=1S/C28H31N3O5/c1-29(2)19-15-13-17(14-16-19)23-21-22(27(34)30(26(21)33)20-11-7-4-8-12-20)24(28(35)36)31(23)25(32)18-9-5-3-6-10-18/h4,7-8,11-16,18,21-24H,3,5-6,9-10H2,1-2H3,(H,35,36). The van der Waals surface area contributed by atoms with E-state index in [1.165, 1.54) is 4.90 Å². The highest BCUT2D eigenvalue weighted by Crippen LogP contribution is 2.52. The molecular formula is C28H31N3O5. The average molecular weight is 490 g/mol. The topological polar surface area (TPSA) is 98.2 Å². The molecule has 5 rings (SSSR count). The van der Waals surface area contributed by atoms with Crippen LogP contribution in [0, 0.1) is 17.8 Å². The van der Waals surface area contributed by atoms with Gasteiger partial charge in [0.05, 0.1) is 23.6 Å². The number of likely N-dealkylation sites (tertiary alicyclic amines) is 1. The summed E-state index contributed by atoms with van der Waals surface area (Å²) in [5, 5.41) is 10.3. The van der Waals surface area contributed by atoms with E-state index < -0.39 is 41.7 Å². The molecule has 2 aromatic rings. The Morgan fingerprint density at radius 3 is 2.06 bits per heavy atom. The highest BCUT2D eigenvalue weighted by atomic mass is 16.4. The lowest BCUT2D eigenvalue weighted by atomic mass is 9.86. The van der Waals surface area contributed by atoms with Crippen LogP contribution < -0.4 is 9.80 Å². The summed E-state index contributed by atoms with van der Waals surface area (Å²) in [4.78, 5) is 58.5. The average Bonchev–Trinajstić information content (AvgIpc) is 3.37. The molecule has 3 fully saturated rings. The van der Waals surface area contributed by atoms with Crippen LogP contribution in [0.3, 0.4) is 0 Å². The number of nitrogens with zero attached hydrogens (tertiary/aromatic N) is 3. The fraction of sp³-hybridized carbons (Fsp3) is 0.429. The molecule has 1 aliphatic carbocycles. The van der Waals surface area contributed by atoms with E-state index >= 15 is 0 Å². The van der Waals surface area contributed by atoms with Gasteiger partial charge in [0.15, 0.2) is 0 Å². The Labute approximate surface area is 210 Å². The smallest absolute Gasteiger partial charge is 0.327 e. The van der Waals surface area contributed by atoms with Crippen LogP contribution in [-0.2, 0) is 19.2 Å². The van der Waals surface area contributed by atoms with E-state index in [0.29, 0.717) is 24.1 Å². The van der Waals surface area contributed by atoms with Crippen molar-refractivity contribution >= 4 is 35.1 Å². The van der Waals surface area contributed by atoms with Gasteiger partial charge in [0.25, 0.3) is 0 Å². The van der Waals surface area contributed by atoms with Crippen molar-refractivity contribution in [3.8, 4) is 0 Å². The van der Waals surface area contributed by atoms with Crippen LogP contribution in [0.5, 0.6) is 0 Å². The SMILES string of the molecule is CN(C)c1ccc(C2C3C(=O)N(c4ccccc4)C(=O)C3C(C(=O)O)N2C(=O)C2CCCCC2)cc1. The lowest BCUT2D eigenvalue weighted by molar-refractivity contribution is -0.154. The third kappa shape index (κ3) is 3.85. The predicted molar refractivity (Wildman–Crippen MR) is 134 cm³/mol. The van der Waals surface area contributed by atoms with Crippen molar-refractivity contribution in [3.63, 3.8) is 0 Å². The molecule has 2 saturated heterocycles. The van der Waals surface area contributed by atoms with E-state index in [4.69, 9.17) is 0 Å². The van der Waals surface area contributed by atoms with Crippen molar-refractivity contribution in [1.82, 2.24) is 4.90 Å². The van der Waals surface area contributed by atoms with Gasteiger partial charge in [-0.15, -0.1) is 0 Å². The number of carbonyl (C=O) groups is 4. The minimum Gasteiger partial charge on any atom is -0.480 e. The van der Waals surface area contributed by atoms with Crippen LogP contribution in [0.1, 0.15) is 43.7 Å². The van der Waals surface area contributed by atoms with Gasteiger partial charge in [-0.1, -0.05) is 49.6 Å². The van der Waals surface area contributed by atoms with Crippen LogP contribution in [-0.4, -0.2) is 53.8 Å². The molecule has 1 N–H and O–H groups in total. The maximum atomic E-state index is 13.9. The molecule has 0 bridgehead atoms. The number of carboxylic acids is 1. The third-order valence-electron chi connectivity index (χ3n) is 7.90. The first-order valence-electron chi connectivity index (χ1n) is 12.6. The van der Waals surface area contributed by atoms with Gasteiger partial charge in [0.2, 0.25) is 17.7 Å². The molecule has 8 heteroatoms. The van der Waals surface area contributed by atoms with Crippen molar-refractivity contribution in [3.05, 3.63) is 60.2 Å². The van der Waals surface area contributed by atoms with E-state index in [0.717, 1.165) is 29.8 Å². The predicted octanol–water partition coefficient (Wildman–Crippen LogP) is 3.48. The molecule has 4 unspecified atom stereocenters. The Hall–Kier alpha value is -3.68. The van der Waals surface area contributed by atoms with E-state index in [1.807, 2.05) is 43.3 Å². The molecule has 188 valence electrons. The third-order valence-corrected chi connectivity index (χ3v) is 7.90. The van der Waals surface area contributed by atoms with Crippen LogP contribution in [0.4, 0.5) is 11.4 Å². The summed E-state index contributed by atoms with van der Waals surface area (Å²) in [6.45, 7) is 0. The number of para-hydroxylation sites is 1. The van der Waals surface area contributed by atoms with Crippen LogP contribution >= 0.6 is 0 Å². The molecule has 3 amide bonds. The number of hydrogen-bond acceptors (Lipinski definition) is 5. The Balaban J connectivity index is 1.62. The number of amides is 3. The molecule has 1 saturated carbocycles. The molecule has 2 heterocycles. The van der Waals surface area contributed by atoms with Gasteiger partial charge in [-0.3, -0.25) is 14.4 Å².